The third-order valence-electron chi connectivity index (χ3n) is 3.37. The lowest BCUT2D eigenvalue weighted by Crippen LogP contribution is -2.22. The van der Waals surface area contributed by atoms with Crippen LogP contribution in [0.2, 0.25) is 0 Å². The van der Waals surface area contributed by atoms with Gasteiger partial charge in [0.2, 0.25) is 0 Å². The van der Waals surface area contributed by atoms with Crippen molar-refractivity contribution in [3.63, 3.8) is 0 Å². The molecule has 3 aromatic heterocycles. The highest BCUT2D eigenvalue weighted by Crippen LogP contribution is 2.19. The van der Waals surface area contributed by atoms with Gasteiger partial charge < -0.3 is 4.40 Å². The van der Waals surface area contributed by atoms with Gasteiger partial charge >= 0.3 is 0 Å². The number of aromatic nitrogens is 3. The Hall–Kier alpha value is -2.71. The van der Waals surface area contributed by atoms with Crippen molar-refractivity contribution in [1.82, 2.24) is 19.7 Å². The molecule has 0 saturated carbocycles. The summed E-state index contributed by atoms with van der Waals surface area (Å²) in [5.74, 6) is 0. The Labute approximate surface area is 122 Å². The minimum atomic E-state index is -0.426. The van der Waals surface area contributed by atoms with Crippen LogP contribution in [0, 0.1) is 18.3 Å². The van der Waals surface area contributed by atoms with E-state index >= 15 is 0 Å². The van der Waals surface area contributed by atoms with Crippen molar-refractivity contribution in [1.29, 1.82) is 5.26 Å². The predicted molar refractivity (Wildman–Crippen MR) is 79.4 cm³/mol. The number of rotatable bonds is 4. The van der Waals surface area contributed by atoms with E-state index in [1.807, 2.05) is 53.9 Å². The Morgan fingerprint density at radius 2 is 2.14 bits per heavy atom. The van der Waals surface area contributed by atoms with Gasteiger partial charge in [-0.05, 0) is 31.2 Å². The number of hydrogen-bond donors (Lipinski definition) is 1. The van der Waals surface area contributed by atoms with Crippen LogP contribution in [0.25, 0.3) is 5.65 Å². The van der Waals surface area contributed by atoms with Crippen molar-refractivity contribution in [2.75, 3.05) is 0 Å². The molecule has 0 spiro atoms. The van der Waals surface area contributed by atoms with Gasteiger partial charge in [0.1, 0.15) is 11.7 Å². The molecular formula is C16H15N5. The minimum absolute atomic E-state index is 0.426. The summed E-state index contributed by atoms with van der Waals surface area (Å²) in [6, 6.07) is 13.4. The Balaban J connectivity index is 1.89. The lowest BCUT2D eigenvalue weighted by Gasteiger charge is -2.12. The predicted octanol–water partition coefficient (Wildman–Crippen LogP) is 2.39. The summed E-state index contributed by atoms with van der Waals surface area (Å²) < 4.78 is 1.95. The second-order valence-corrected chi connectivity index (χ2v) is 4.78. The SMILES string of the molecule is Cc1nc2ccccn2c1C(C#N)NCc1ccccn1. The maximum absolute atomic E-state index is 9.49. The van der Waals surface area contributed by atoms with Gasteiger partial charge in [0.15, 0.2) is 0 Å². The highest BCUT2D eigenvalue weighted by atomic mass is 15.1. The van der Waals surface area contributed by atoms with Crippen molar-refractivity contribution in [2.24, 2.45) is 0 Å². The topological polar surface area (TPSA) is 66.0 Å². The first-order valence-corrected chi connectivity index (χ1v) is 6.76. The van der Waals surface area contributed by atoms with Crippen molar-refractivity contribution >= 4 is 5.65 Å². The van der Waals surface area contributed by atoms with Crippen LogP contribution in [0.3, 0.4) is 0 Å². The molecule has 0 radical (unpaired) electrons. The van der Waals surface area contributed by atoms with Gasteiger partial charge in [-0.15, -0.1) is 0 Å². The molecule has 1 unspecified atom stereocenters. The molecule has 1 N–H and O–H groups in total. The zero-order valence-corrected chi connectivity index (χ0v) is 11.7. The lowest BCUT2D eigenvalue weighted by molar-refractivity contribution is 0.601. The van der Waals surface area contributed by atoms with Crippen LogP contribution in [0.4, 0.5) is 0 Å². The molecule has 3 rings (SSSR count). The first-order chi connectivity index (χ1) is 10.3. The van der Waals surface area contributed by atoms with Crippen molar-refractivity contribution in [3.8, 4) is 6.07 Å². The summed E-state index contributed by atoms with van der Waals surface area (Å²) in [7, 11) is 0. The van der Waals surface area contributed by atoms with E-state index in [2.05, 4.69) is 21.4 Å². The van der Waals surface area contributed by atoms with Gasteiger partial charge in [0.05, 0.1) is 23.2 Å². The summed E-state index contributed by atoms with van der Waals surface area (Å²) in [6.07, 6.45) is 3.68. The molecule has 0 aliphatic rings. The number of hydrogen-bond acceptors (Lipinski definition) is 4. The van der Waals surface area contributed by atoms with Crippen LogP contribution < -0.4 is 5.32 Å². The van der Waals surface area contributed by atoms with Crippen LogP contribution in [-0.4, -0.2) is 14.4 Å². The maximum Gasteiger partial charge on any atom is 0.139 e. The summed E-state index contributed by atoms with van der Waals surface area (Å²) >= 11 is 0. The molecule has 3 aromatic rings. The summed E-state index contributed by atoms with van der Waals surface area (Å²) in [5, 5.41) is 12.7. The quantitative estimate of drug-likeness (QED) is 0.795. The number of aryl methyl sites for hydroxylation is 1. The molecule has 104 valence electrons. The number of nitrogens with zero attached hydrogens (tertiary/aromatic N) is 4. The molecule has 0 amide bonds. The van der Waals surface area contributed by atoms with Gasteiger partial charge in [0, 0.05) is 18.9 Å². The largest absolute Gasteiger partial charge is 0.301 e. The molecule has 1 atom stereocenters. The molecule has 0 fully saturated rings. The van der Waals surface area contributed by atoms with E-state index in [0.29, 0.717) is 6.54 Å². The zero-order valence-electron chi connectivity index (χ0n) is 11.7. The van der Waals surface area contributed by atoms with E-state index in [1.165, 1.54) is 0 Å². The van der Waals surface area contributed by atoms with Crippen LogP contribution >= 0.6 is 0 Å². The van der Waals surface area contributed by atoms with Crippen LogP contribution in [0.15, 0.2) is 48.8 Å². The summed E-state index contributed by atoms with van der Waals surface area (Å²) in [5.41, 5.74) is 3.50. The monoisotopic (exact) mass is 277 g/mol. The second kappa shape index (κ2) is 5.73. The fourth-order valence-corrected chi connectivity index (χ4v) is 2.39. The average molecular weight is 277 g/mol. The first-order valence-electron chi connectivity index (χ1n) is 6.76. The number of imidazole rings is 1. The van der Waals surface area contributed by atoms with Crippen molar-refractivity contribution < 1.29 is 0 Å². The van der Waals surface area contributed by atoms with Gasteiger partial charge in [-0.25, -0.2) is 4.98 Å². The van der Waals surface area contributed by atoms with Crippen LogP contribution in [-0.2, 0) is 6.54 Å². The van der Waals surface area contributed by atoms with Gasteiger partial charge in [0.25, 0.3) is 0 Å². The van der Waals surface area contributed by atoms with Crippen LogP contribution in [0.1, 0.15) is 23.1 Å². The van der Waals surface area contributed by atoms with Crippen LogP contribution in [0.5, 0.6) is 0 Å². The van der Waals surface area contributed by atoms with E-state index in [1.54, 1.807) is 6.20 Å². The third kappa shape index (κ3) is 2.62. The fourth-order valence-electron chi connectivity index (χ4n) is 2.39. The van der Waals surface area contributed by atoms with E-state index < -0.39 is 6.04 Å². The average Bonchev–Trinajstić information content (AvgIpc) is 2.86. The third-order valence-corrected chi connectivity index (χ3v) is 3.37. The number of pyridine rings is 2. The molecular weight excluding hydrogens is 262 g/mol. The van der Waals surface area contributed by atoms with Gasteiger partial charge in [-0.3, -0.25) is 10.3 Å². The zero-order chi connectivity index (χ0) is 14.7. The molecule has 21 heavy (non-hydrogen) atoms. The van der Waals surface area contributed by atoms with Crippen molar-refractivity contribution in [2.45, 2.75) is 19.5 Å². The minimum Gasteiger partial charge on any atom is -0.301 e. The number of nitriles is 1. The molecule has 0 aliphatic heterocycles. The van der Waals surface area contributed by atoms with E-state index in [0.717, 1.165) is 22.7 Å². The van der Waals surface area contributed by atoms with Crippen molar-refractivity contribution in [3.05, 3.63) is 65.9 Å². The molecule has 5 nitrogen and oxygen atoms in total. The molecule has 3 heterocycles. The number of fused-ring (bicyclic) bond motifs is 1. The fraction of sp³-hybridized carbons (Fsp3) is 0.188. The standard InChI is InChI=1S/C16H15N5/c1-12-16(21-9-5-3-7-15(21)20-12)14(10-17)19-11-13-6-2-4-8-18-13/h2-9,14,19H,11H2,1H3. The summed E-state index contributed by atoms with van der Waals surface area (Å²) in [6.45, 7) is 2.47. The van der Waals surface area contributed by atoms with E-state index in [4.69, 9.17) is 0 Å². The Morgan fingerprint density at radius 1 is 1.29 bits per heavy atom. The van der Waals surface area contributed by atoms with Gasteiger partial charge in [-0.2, -0.15) is 5.26 Å². The molecule has 0 bridgehead atoms. The lowest BCUT2D eigenvalue weighted by atomic mass is 10.2. The van der Waals surface area contributed by atoms with E-state index in [9.17, 15) is 5.26 Å². The Bertz CT molecular complexity index is 785. The molecule has 0 aliphatic carbocycles. The molecule has 5 heteroatoms. The Kier molecular flexibility index (Phi) is 3.63. The normalized spacial score (nSPS) is 12.2. The summed E-state index contributed by atoms with van der Waals surface area (Å²) in [4.78, 5) is 8.75. The Morgan fingerprint density at radius 3 is 2.90 bits per heavy atom. The second-order valence-electron chi connectivity index (χ2n) is 4.78. The first kappa shape index (κ1) is 13.3. The van der Waals surface area contributed by atoms with Gasteiger partial charge in [-0.1, -0.05) is 12.1 Å². The maximum atomic E-state index is 9.49. The van der Waals surface area contributed by atoms with E-state index in [-0.39, 0.29) is 0 Å². The smallest absolute Gasteiger partial charge is 0.139 e. The highest BCUT2D eigenvalue weighted by Gasteiger charge is 2.18. The molecule has 0 saturated heterocycles. The number of nitrogens with one attached hydrogen (secondary N) is 1. The highest BCUT2D eigenvalue weighted by molar-refractivity contribution is 5.44. The molecule has 0 aromatic carbocycles.